The van der Waals surface area contributed by atoms with Gasteiger partial charge in [-0.3, -0.25) is 4.79 Å². The third kappa shape index (κ3) is 4.78. The Bertz CT molecular complexity index is 783. The molecule has 0 radical (unpaired) electrons. The second kappa shape index (κ2) is 7.77. The van der Waals surface area contributed by atoms with Gasteiger partial charge in [-0.1, -0.05) is 12.1 Å². The fourth-order valence-electron chi connectivity index (χ4n) is 2.15. The Labute approximate surface area is 142 Å². The molecule has 1 N–H and O–H groups in total. The van der Waals surface area contributed by atoms with Gasteiger partial charge in [0.25, 0.3) is 5.91 Å². The molecule has 130 valence electrons. The monoisotopic (exact) mass is 349 g/mol. The van der Waals surface area contributed by atoms with E-state index in [-0.39, 0.29) is 17.9 Å². The van der Waals surface area contributed by atoms with Crippen LogP contribution in [0, 0.1) is 11.3 Å². The predicted octanol–water partition coefficient (Wildman–Crippen LogP) is 3.09. The molecule has 5 nitrogen and oxygen atoms in total. The molecule has 1 atom stereocenters. The number of aromatic nitrogens is 1. The first-order valence-corrected chi connectivity index (χ1v) is 7.18. The van der Waals surface area contributed by atoms with Gasteiger partial charge in [-0.25, -0.2) is 4.98 Å². The highest BCUT2D eigenvalue weighted by Gasteiger charge is 2.31. The maximum atomic E-state index is 12.9. The Morgan fingerprint density at radius 3 is 2.68 bits per heavy atom. The molecule has 1 amide bonds. The average Bonchev–Trinajstić information content (AvgIpc) is 2.60. The van der Waals surface area contributed by atoms with Gasteiger partial charge in [0, 0.05) is 13.3 Å². The molecule has 2 aromatic rings. The molecule has 0 aliphatic carbocycles. The second-order valence-electron chi connectivity index (χ2n) is 5.15. The lowest BCUT2D eigenvalue weighted by Crippen LogP contribution is -2.32. The summed E-state index contributed by atoms with van der Waals surface area (Å²) in [6.45, 7) is -0.0106. The molecule has 0 bridgehead atoms. The largest absolute Gasteiger partial charge is 0.416 e. The zero-order valence-electron chi connectivity index (χ0n) is 13.2. The van der Waals surface area contributed by atoms with Crippen LogP contribution in [0.15, 0.2) is 42.6 Å². The number of pyridine rings is 1. The van der Waals surface area contributed by atoms with Crippen LogP contribution in [0.5, 0.6) is 0 Å². The average molecular weight is 349 g/mol. The number of benzene rings is 1. The highest BCUT2D eigenvalue weighted by Crippen LogP contribution is 2.30. The fourth-order valence-corrected chi connectivity index (χ4v) is 2.15. The minimum absolute atomic E-state index is 0.0106. The van der Waals surface area contributed by atoms with Crippen molar-refractivity contribution < 1.29 is 22.7 Å². The van der Waals surface area contributed by atoms with Crippen molar-refractivity contribution in [1.82, 2.24) is 10.3 Å². The van der Waals surface area contributed by atoms with E-state index in [1.807, 2.05) is 6.07 Å². The molecule has 1 heterocycles. The van der Waals surface area contributed by atoms with Crippen LogP contribution in [-0.2, 0) is 10.9 Å². The summed E-state index contributed by atoms with van der Waals surface area (Å²) in [6, 6.07) is 8.56. The minimum atomic E-state index is -4.48. The van der Waals surface area contributed by atoms with Gasteiger partial charge in [0.05, 0.1) is 23.8 Å². The summed E-state index contributed by atoms with van der Waals surface area (Å²) in [5, 5.41) is 11.3. The van der Waals surface area contributed by atoms with E-state index < -0.39 is 23.7 Å². The summed E-state index contributed by atoms with van der Waals surface area (Å²) in [4.78, 5) is 16.1. The van der Waals surface area contributed by atoms with E-state index >= 15 is 0 Å². The van der Waals surface area contributed by atoms with Gasteiger partial charge < -0.3 is 10.1 Å². The fraction of sp³-hybridized carbons (Fsp3) is 0.235. The SMILES string of the molecule is COC[C@H](NC(=O)c1ccc(C#N)cn1)c1cccc(C(F)(F)F)c1. The van der Waals surface area contributed by atoms with Gasteiger partial charge in [0.15, 0.2) is 0 Å². The Balaban J connectivity index is 2.23. The molecule has 0 spiro atoms. The van der Waals surface area contributed by atoms with Crippen LogP contribution in [-0.4, -0.2) is 24.6 Å². The first kappa shape index (κ1) is 18.4. The van der Waals surface area contributed by atoms with Crippen LogP contribution in [0.1, 0.15) is 33.2 Å². The minimum Gasteiger partial charge on any atom is -0.382 e. The number of methoxy groups -OCH3 is 1. The number of nitriles is 1. The van der Waals surface area contributed by atoms with Crippen LogP contribution in [0.25, 0.3) is 0 Å². The lowest BCUT2D eigenvalue weighted by atomic mass is 10.0. The van der Waals surface area contributed by atoms with Crippen LogP contribution < -0.4 is 5.32 Å². The van der Waals surface area contributed by atoms with Gasteiger partial charge >= 0.3 is 6.18 Å². The third-order valence-corrected chi connectivity index (χ3v) is 3.38. The summed E-state index contributed by atoms with van der Waals surface area (Å²) in [6.07, 6.45) is -3.24. The van der Waals surface area contributed by atoms with Crippen molar-refractivity contribution in [2.24, 2.45) is 0 Å². The molecular weight excluding hydrogens is 335 g/mol. The summed E-state index contributed by atoms with van der Waals surface area (Å²) < 4.78 is 43.6. The smallest absolute Gasteiger partial charge is 0.382 e. The van der Waals surface area contributed by atoms with Crippen molar-refractivity contribution in [2.45, 2.75) is 12.2 Å². The molecule has 0 aliphatic heterocycles. The maximum Gasteiger partial charge on any atom is 0.416 e. The maximum absolute atomic E-state index is 12.9. The molecule has 8 heteroatoms. The summed E-state index contributed by atoms with van der Waals surface area (Å²) in [7, 11) is 1.38. The highest BCUT2D eigenvalue weighted by atomic mass is 19.4. The number of nitrogens with one attached hydrogen (secondary N) is 1. The first-order valence-electron chi connectivity index (χ1n) is 7.18. The van der Waals surface area contributed by atoms with Crippen molar-refractivity contribution in [2.75, 3.05) is 13.7 Å². The standard InChI is InChI=1S/C17H14F3N3O2/c1-25-10-15(12-3-2-4-13(7-12)17(18,19)20)23-16(24)14-6-5-11(8-21)9-22-14/h2-7,9,15H,10H2,1H3,(H,23,24)/t15-/m0/s1. The number of rotatable bonds is 5. The molecule has 0 fully saturated rings. The molecule has 0 unspecified atom stereocenters. The normalized spacial score (nSPS) is 12.3. The van der Waals surface area contributed by atoms with Gasteiger partial charge in [-0.2, -0.15) is 18.4 Å². The number of hydrogen-bond donors (Lipinski definition) is 1. The van der Waals surface area contributed by atoms with Crippen molar-refractivity contribution in [3.63, 3.8) is 0 Å². The molecule has 0 aliphatic rings. The second-order valence-corrected chi connectivity index (χ2v) is 5.15. The van der Waals surface area contributed by atoms with Gasteiger partial charge in [-0.05, 0) is 29.8 Å². The lowest BCUT2D eigenvalue weighted by Gasteiger charge is -2.19. The van der Waals surface area contributed by atoms with E-state index in [4.69, 9.17) is 10.00 Å². The third-order valence-electron chi connectivity index (χ3n) is 3.38. The number of carbonyl (C=O) groups excluding carboxylic acids is 1. The molecule has 1 aromatic carbocycles. The number of carbonyl (C=O) groups is 1. The molecule has 0 saturated carbocycles. The number of amides is 1. The molecule has 1 aromatic heterocycles. The number of ether oxygens (including phenoxy) is 1. The van der Waals surface area contributed by atoms with E-state index in [1.165, 1.54) is 37.6 Å². The van der Waals surface area contributed by atoms with E-state index in [1.54, 1.807) is 0 Å². The number of alkyl halides is 3. The molecular formula is C17H14F3N3O2. The van der Waals surface area contributed by atoms with E-state index in [0.29, 0.717) is 5.56 Å². The van der Waals surface area contributed by atoms with E-state index in [0.717, 1.165) is 12.1 Å². The number of hydrogen-bond acceptors (Lipinski definition) is 4. The Kier molecular flexibility index (Phi) is 5.72. The Hall–Kier alpha value is -2.92. The summed E-state index contributed by atoms with van der Waals surface area (Å²) in [5.41, 5.74) is -0.203. The van der Waals surface area contributed by atoms with Gasteiger partial charge in [-0.15, -0.1) is 0 Å². The highest BCUT2D eigenvalue weighted by molar-refractivity contribution is 5.92. The summed E-state index contributed by atoms with van der Waals surface area (Å²) in [5.74, 6) is -0.580. The van der Waals surface area contributed by atoms with Crippen molar-refractivity contribution >= 4 is 5.91 Å². The molecule has 25 heavy (non-hydrogen) atoms. The van der Waals surface area contributed by atoms with Crippen LogP contribution in [0.4, 0.5) is 13.2 Å². The van der Waals surface area contributed by atoms with E-state index in [2.05, 4.69) is 10.3 Å². The zero-order chi connectivity index (χ0) is 18.4. The zero-order valence-corrected chi connectivity index (χ0v) is 13.2. The number of nitrogens with zero attached hydrogens (tertiary/aromatic N) is 2. The lowest BCUT2D eigenvalue weighted by molar-refractivity contribution is -0.137. The quantitative estimate of drug-likeness (QED) is 0.900. The first-order chi connectivity index (χ1) is 11.8. The topological polar surface area (TPSA) is 75.0 Å². The van der Waals surface area contributed by atoms with Gasteiger partial charge in [0.2, 0.25) is 0 Å². The van der Waals surface area contributed by atoms with Crippen LogP contribution in [0.2, 0.25) is 0 Å². The Morgan fingerprint density at radius 1 is 1.36 bits per heavy atom. The Morgan fingerprint density at radius 2 is 2.12 bits per heavy atom. The van der Waals surface area contributed by atoms with Crippen LogP contribution >= 0.6 is 0 Å². The van der Waals surface area contributed by atoms with Crippen molar-refractivity contribution in [1.29, 1.82) is 5.26 Å². The number of halogens is 3. The van der Waals surface area contributed by atoms with E-state index in [9.17, 15) is 18.0 Å². The molecule has 0 saturated heterocycles. The van der Waals surface area contributed by atoms with Crippen LogP contribution in [0.3, 0.4) is 0 Å². The predicted molar refractivity (Wildman–Crippen MR) is 82.5 cm³/mol. The molecule has 2 rings (SSSR count). The van der Waals surface area contributed by atoms with Crippen molar-refractivity contribution in [3.8, 4) is 6.07 Å². The van der Waals surface area contributed by atoms with Gasteiger partial charge in [0.1, 0.15) is 11.8 Å². The van der Waals surface area contributed by atoms with Crippen molar-refractivity contribution in [3.05, 3.63) is 65.0 Å². The summed E-state index contributed by atoms with van der Waals surface area (Å²) >= 11 is 0.